The van der Waals surface area contributed by atoms with Gasteiger partial charge in [-0.2, -0.15) is 5.10 Å². The summed E-state index contributed by atoms with van der Waals surface area (Å²) >= 11 is 9.21. The first-order valence-electron chi connectivity index (χ1n) is 6.32. The Morgan fingerprint density at radius 3 is 2.75 bits per heavy atom. The van der Waals surface area contributed by atoms with Crippen LogP contribution in [-0.4, -0.2) is 16.8 Å². The summed E-state index contributed by atoms with van der Waals surface area (Å²) < 4.78 is 16.7. The predicted octanol–water partition coefficient (Wildman–Crippen LogP) is 3.85. The third-order valence-electron chi connectivity index (χ3n) is 3.25. The van der Waals surface area contributed by atoms with Crippen molar-refractivity contribution in [2.75, 3.05) is 7.05 Å². The van der Waals surface area contributed by atoms with Gasteiger partial charge in [0.25, 0.3) is 0 Å². The monoisotopic (exact) mass is 359 g/mol. The van der Waals surface area contributed by atoms with E-state index in [9.17, 15) is 4.39 Å². The van der Waals surface area contributed by atoms with Crippen molar-refractivity contribution in [2.24, 2.45) is 7.05 Å². The molecule has 0 fully saturated rings. The van der Waals surface area contributed by atoms with Crippen molar-refractivity contribution in [1.29, 1.82) is 0 Å². The maximum atomic E-state index is 14.4. The van der Waals surface area contributed by atoms with Crippen LogP contribution in [-0.2, 0) is 13.5 Å². The molecule has 0 saturated carbocycles. The van der Waals surface area contributed by atoms with Gasteiger partial charge in [0.1, 0.15) is 5.82 Å². The van der Waals surface area contributed by atoms with E-state index < -0.39 is 5.82 Å². The second-order valence-corrected chi connectivity index (χ2v) is 5.78. The molecule has 0 bridgehead atoms. The summed E-state index contributed by atoms with van der Waals surface area (Å²) in [4.78, 5) is 0. The van der Waals surface area contributed by atoms with Crippen LogP contribution in [0.25, 0.3) is 0 Å². The Balaban J connectivity index is 2.55. The topological polar surface area (TPSA) is 29.9 Å². The van der Waals surface area contributed by atoms with Crippen LogP contribution in [0.2, 0.25) is 5.02 Å². The van der Waals surface area contributed by atoms with E-state index in [4.69, 9.17) is 11.6 Å². The summed E-state index contributed by atoms with van der Waals surface area (Å²) in [5.74, 6) is -0.411. The highest BCUT2D eigenvalue weighted by atomic mass is 79.9. The second-order valence-electron chi connectivity index (χ2n) is 4.54. The van der Waals surface area contributed by atoms with Gasteiger partial charge in [0.15, 0.2) is 0 Å². The molecule has 0 radical (unpaired) electrons. The van der Waals surface area contributed by atoms with Crippen LogP contribution in [0, 0.1) is 5.82 Å². The van der Waals surface area contributed by atoms with Crippen molar-refractivity contribution in [1.82, 2.24) is 15.1 Å². The van der Waals surface area contributed by atoms with Gasteiger partial charge in [-0.1, -0.05) is 24.6 Å². The van der Waals surface area contributed by atoms with Gasteiger partial charge in [-0.05, 0) is 35.5 Å². The van der Waals surface area contributed by atoms with Gasteiger partial charge in [-0.25, -0.2) is 4.39 Å². The van der Waals surface area contributed by atoms with Crippen molar-refractivity contribution < 1.29 is 4.39 Å². The van der Waals surface area contributed by atoms with Crippen LogP contribution in [0.5, 0.6) is 0 Å². The molecule has 0 spiro atoms. The van der Waals surface area contributed by atoms with Crippen molar-refractivity contribution in [2.45, 2.75) is 19.4 Å². The zero-order chi connectivity index (χ0) is 14.9. The lowest BCUT2D eigenvalue weighted by Gasteiger charge is -2.18. The summed E-state index contributed by atoms with van der Waals surface area (Å²) in [6, 6.07) is 3.22. The fourth-order valence-electron chi connectivity index (χ4n) is 2.31. The molecule has 3 nitrogen and oxygen atoms in total. The van der Waals surface area contributed by atoms with Crippen LogP contribution in [0.1, 0.15) is 29.8 Å². The maximum Gasteiger partial charge on any atom is 0.148 e. The zero-order valence-corrected chi connectivity index (χ0v) is 13.9. The minimum absolute atomic E-state index is 0.102. The first-order valence-corrected chi connectivity index (χ1v) is 7.49. The van der Waals surface area contributed by atoms with Gasteiger partial charge >= 0.3 is 0 Å². The molecule has 6 heteroatoms. The molecule has 20 heavy (non-hydrogen) atoms. The highest BCUT2D eigenvalue weighted by Crippen LogP contribution is 2.33. The van der Waals surface area contributed by atoms with Crippen LogP contribution in [0.15, 0.2) is 22.8 Å². The Morgan fingerprint density at radius 2 is 2.15 bits per heavy atom. The molecule has 0 saturated heterocycles. The van der Waals surface area contributed by atoms with Gasteiger partial charge in [-0.15, -0.1) is 0 Å². The summed E-state index contributed by atoms with van der Waals surface area (Å²) in [5, 5.41) is 7.65. The van der Waals surface area contributed by atoms with Gasteiger partial charge < -0.3 is 5.32 Å². The molecule has 1 aromatic heterocycles. The van der Waals surface area contributed by atoms with Crippen LogP contribution in [0.4, 0.5) is 4.39 Å². The van der Waals surface area contributed by atoms with Crippen molar-refractivity contribution >= 4 is 27.5 Å². The lowest BCUT2D eigenvalue weighted by molar-refractivity contribution is 0.574. The highest BCUT2D eigenvalue weighted by Gasteiger charge is 2.23. The number of aryl methyl sites for hydroxylation is 2. The molecular formula is C14H16BrClFN3. The molecule has 0 aliphatic rings. The average Bonchev–Trinajstić information content (AvgIpc) is 2.80. The smallest absolute Gasteiger partial charge is 0.148 e. The van der Waals surface area contributed by atoms with Crippen LogP contribution < -0.4 is 5.32 Å². The number of nitrogens with zero attached hydrogens (tertiary/aromatic N) is 2. The summed E-state index contributed by atoms with van der Waals surface area (Å²) in [6.07, 6.45) is 2.70. The molecule has 1 unspecified atom stereocenters. The number of hydrogen-bond donors (Lipinski definition) is 1. The molecule has 0 amide bonds. The van der Waals surface area contributed by atoms with E-state index in [-0.39, 0.29) is 11.1 Å². The third kappa shape index (κ3) is 2.75. The van der Waals surface area contributed by atoms with E-state index in [1.165, 1.54) is 0 Å². The number of rotatable bonds is 4. The maximum absolute atomic E-state index is 14.4. The second kappa shape index (κ2) is 6.24. The summed E-state index contributed by atoms with van der Waals surface area (Å²) in [5.41, 5.74) is 2.43. The van der Waals surface area contributed by atoms with E-state index in [2.05, 4.69) is 26.3 Å². The predicted molar refractivity (Wildman–Crippen MR) is 82.6 cm³/mol. The van der Waals surface area contributed by atoms with E-state index in [0.29, 0.717) is 10.0 Å². The third-order valence-corrected chi connectivity index (χ3v) is 4.51. The fraction of sp³-hybridized carbons (Fsp3) is 0.357. The quantitative estimate of drug-likeness (QED) is 0.839. The molecule has 0 aliphatic heterocycles. The Kier molecular flexibility index (Phi) is 4.83. The Labute approximate surface area is 131 Å². The minimum atomic E-state index is -0.411. The summed E-state index contributed by atoms with van der Waals surface area (Å²) in [6.45, 7) is 2.03. The van der Waals surface area contributed by atoms with Crippen molar-refractivity contribution in [3.63, 3.8) is 0 Å². The number of hydrogen-bond acceptors (Lipinski definition) is 2. The zero-order valence-electron chi connectivity index (χ0n) is 11.5. The Hall–Kier alpha value is -0.910. The average molecular weight is 361 g/mol. The van der Waals surface area contributed by atoms with Gasteiger partial charge in [0, 0.05) is 28.8 Å². The SMILES string of the molecule is CCc1nn(C)cc1C(NC)c1ccc(Br)c(Cl)c1F. The van der Waals surface area contributed by atoms with E-state index in [0.717, 1.165) is 17.7 Å². The molecule has 1 aromatic carbocycles. The van der Waals surface area contributed by atoms with E-state index in [1.54, 1.807) is 23.9 Å². The molecule has 108 valence electrons. The Bertz CT molecular complexity index is 627. The molecule has 2 aromatic rings. The molecule has 0 aliphatic carbocycles. The highest BCUT2D eigenvalue weighted by molar-refractivity contribution is 9.10. The van der Waals surface area contributed by atoms with Crippen molar-refractivity contribution in [3.8, 4) is 0 Å². The van der Waals surface area contributed by atoms with Crippen LogP contribution in [0.3, 0.4) is 0 Å². The first-order chi connectivity index (χ1) is 9.49. The lowest BCUT2D eigenvalue weighted by Crippen LogP contribution is -2.20. The van der Waals surface area contributed by atoms with Gasteiger partial charge in [-0.3, -0.25) is 4.68 Å². The molecular weight excluding hydrogens is 345 g/mol. The van der Waals surface area contributed by atoms with Gasteiger partial charge in [0.05, 0.1) is 16.8 Å². The number of nitrogens with one attached hydrogen (secondary N) is 1. The minimum Gasteiger partial charge on any atom is -0.309 e. The summed E-state index contributed by atoms with van der Waals surface area (Å²) in [7, 11) is 3.66. The molecule has 2 rings (SSSR count). The Morgan fingerprint density at radius 1 is 1.45 bits per heavy atom. The fourth-order valence-corrected chi connectivity index (χ4v) is 2.79. The molecule has 1 heterocycles. The van der Waals surface area contributed by atoms with Crippen LogP contribution >= 0.6 is 27.5 Å². The van der Waals surface area contributed by atoms with Gasteiger partial charge in [0.2, 0.25) is 0 Å². The number of halogens is 3. The normalized spacial score (nSPS) is 12.7. The largest absolute Gasteiger partial charge is 0.309 e. The molecule has 1 atom stereocenters. The first kappa shape index (κ1) is 15.5. The van der Waals surface area contributed by atoms with E-state index >= 15 is 0 Å². The molecule has 1 N–H and O–H groups in total. The number of aromatic nitrogens is 2. The standard InChI is InChI=1S/C14H16BrClFN3/c1-4-11-9(7-20(3)19-11)14(18-2)8-5-6-10(15)12(16)13(8)17/h5-7,14,18H,4H2,1-3H3. The van der Waals surface area contributed by atoms with E-state index in [1.807, 2.05) is 20.2 Å². The van der Waals surface area contributed by atoms with Crippen molar-refractivity contribution in [3.05, 3.63) is 50.5 Å². The number of benzene rings is 1. The lowest BCUT2D eigenvalue weighted by atomic mass is 9.98.